The van der Waals surface area contributed by atoms with Gasteiger partial charge in [0.25, 0.3) is 0 Å². The minimum absolute atomic E-state index is 0.0521. The van der Waals surface area contributed by atoms with Gasteiger partial charge >= 0.3 is 6.36 Å². The van der Waals surface area contributed by atoms with Crippen LogP contribution in [0.1, 0.15) is 24.1 Å². The lowest BCUT2D eigenvalue weighted by Gasteiger charge is -2.11. The number of aromatic amines is 1. The number of hydrogen-bond donors (Lipinski definition) is 1. The Labute approximate surface area is 101 Å². The van der Waals surface area contributed by atoms with Crippen molar-refractivity contribution in [2.24, 2.45) is 0 Å². The second-order valence-electron chi connectivity index (χ2n) is 3.73. The maximum atomic E-state index is 12.0. The lowest BCUT2D eigenvalue weighted by molar-refractivity contribution is -0.274. The summed E-state index contributed by atoms with van der Waals surface area (Å²) in [4.78, 5) is 0. The van der Waals surface area contributed by atoms with Crippen molar-refractivity contribution < 1.29 is 17.9 Å². The number of rotatable bonds is 3. The molecule has 7 heteroatoms. The van der Waals surface area contributed by atoms with Gasteiger partial charge in [-0.3, -0.25) is 0 Å². The molecular formula is C11H10F3N3O. The van der Waals surface area contributed by atoms with E-state index in [1.165, 1.54) is 12.1 Å². The van der Waals surface area contributed by atoms with Crippen LogP contribution in [0, 0.1) is 0 Å². The molecule has 1 atom stereocenters. The first kappa shape index (κ1) is 12.4. The smallest absolute Gasteiger partial charge is 0.406 e. The summed E-state index contributed by atoms with van der Waals surface area (Å²) in [6.45, 7) is 1.89. The van der Waals surface area contributed by atoms with Gasteiger partial charge in [0.2, 0.25) is 0 Å². The molecule has 1 aromatic heterocycles. The van der Waals surface area contributed by atoms with E-state index in [-0.39, 0.29) is 11.7 Å². The third-order valence-corrected chi connectivity index (χ3v) is 2.49. The maximum absolute atomic E-state index is 12.0. The first-order valence-corrected chi connectivity index (χ1v) is 5.17. The fourth-order valence-corrected chi connectivity index (χ4v) is 1.55. The molecule has 0 aliphatic heterocycles. The maximum Gasteiger partial charge on any atom is 0.573 e. The summed E-state index contributed by atoms with van der Waals surface area (Å²) in [5.74, 6) is -0.290. The summed E-state index contributed by atoms with van der Waals surface area (Å²) >= 11 is 0. The largest absolute Gasteiger partial charge is 0.573 e. The van der Waals surface area contributed by atoms with E-state index in [9.17, 15) is 13.2 Å². The molecule has 0 aliphatic carbocycles. The fraction of sp³-hybridized carbons (Fsp3) is 0.273. The number of halogens is 3. The zero-order valence-electron chi connectivity index (χ0n) is 9.40. The van der Waals surface area contributed by atoms with Crippen LogP contribution in [0.25, 0.3) is 0 Å². The average Bonchev–Trinajstić information content (AvgIpc) is 2.80. The molecule has 0 saturated heterocycles. The molecule has 4 nitrogen and oxygen atoms in total. The summed E-state index contributed by atoms with van der Waals surface area (Å²) in [6.07, 6.45) is -3.09. The second kappa shape index (κ2) is 4.67. The van der Waals surface area contributed by atoms with E-state index in [1.54, 1.807) is 18.3 Å². The van der Waals surface area contributed by atoms with Gasteiger partial charge in [-0.25, -0.2) is 0 Å². The summed E-state index contributed by atoms with van der Waals surface area (Å²) < 4.78 is 39.7. The molecule has 1 heterocycles. The molecule has 96 valence electrons. The van der Waals surface area contributed by atoms with Crippen LogP contribution in [0.3, 0.4) is 0 Å². The van der Waals surface area contributed by atoms with Crippen molar-refractivity contribution in [1.29, 1.82) is 0 Å². The van der Waals surface area contributed by atoms with E-state index < -0.39 is 6.36 Å². The van der Waals surface area contributed by atoms with Crippen molar-refractivity contribution >= 4 is 0 Å². The van der Waals surface area contributed by atoms with Gasteiger partial charge in [0, 0.05) is 5.92 Å². The predicted octanol–water partition coefficient (Wildman–Crippen LogP) is 2.86. The van der Waals surface area contributed by atoms with Gasteiger partial charge in [0.1, 0.15) is 5.75 Å². The normalized spacial score (nSPS) is 13.3. The molecule has 0 amide bonds. The highest BCUT2D eigenvalue weighted by Crippen LogP contribution is 2.26. The van der Waals surface area contributed by atoms with Crippen LogP contribution >= 0.6 is 0 Å². The molecule has 1 aromatic carbocycles. The van der Waals surface area contributed by atoms with E-state index >= 15 is 0 Å². The molecule has 0 radical (unpaired) electrons. The molecule has 18 heavy (non-hydrogen) atoms. The number of alkyl halides is 3. The number of ether oxygens (including phenoxy) is 1. The van der Waals surface area contributed by atoms with Crippen molar-refractivity contribution in [3.8, 4) is 5.75 Å². The number of nitrogens with zero attached hydrogens (tertiary/aromatic N) is 2. The van der Waals surface area contributed by atoms with Gasteiger partial charge in [0.15, 0.2) is 0 Å². The van der Waals surface area contributed by atoms with Crippen LogP contribution in [0.15, 0.2) is 30.5 Å². The number of hydrogen-bond acceptors (Lipinski definition) is 3. The summed E-state index contributed by atoms with van der Waals surface area (Å²) in [7, 11) is 0. The van der Waals surface area contributed by atoms with E-state index in [4.69, 9.17) is 0 Å². The van der Waals surface area contributed by atoms with Crippen LogP contribution < -0.4 is 4.74 Å². The van der Waals surface area contributed by atoms with Crippen LogP contribution in [-0.4, -0.2) is 21.8 Å². The Bertz CT molecular complexity index is 493. The van der Waals surface area contributed by atoms with Gasteiger partial charge in [-0.05, 0) is 17.7 Å². The number of nitrogens with one attached hydrogen (secondary N) is 1. The molecule has 1 unspecified atom stereocenters. The Morgan fingerprint density at radius 3 is 2.39 bits per heavy atom. The Balaban J connectivity index is 2.13. The minimum atomic E-state index is -4.67. The molecule has 0 fully saturated rings. The van der Waals surface area contributed by atoms with Crippen molar-refractivity contribution in [3.05, 3.63) is 41.7 Å². The highest BCUT2D eigenvalue weighted by Gasteiger charge is 2.31. The zero-order valence-corrected chi connectivity index (χ0v) is 9.40. The molecule has 2 aromatic rings. The SMILES string of the molecule is CC(c1ccc(OC(F)(F)F)cc1)c1cn[nH]n1. The molecule has 0 spiro atoms. The topological polar surface area (TPSA) is 50.8 Å². The molecule has 0 saturated carbocycles. The standard InChI is InChI=1S/C11H10F3N3O/c1-7(10-6-15-17-16-10)8-2-4-9(5-3-8)18-11(12,13)14/h2-7H,1H3,(H,15,16,17). The van der Waals surface area contributed by atoms with E-state index in [0.29, 0.717) is 0 Å². The Kier molecular flexibility index (Phi) is 3.22. The van der Waals surface area contributed by atoms with Crippen molar-refractivity contribution in [1.82, 2.24) is 15.4 Å². The first-order valence-electron chi connectivity index (χ1n) is 5.17. The van der Waals surface area contributed by atoms with Gasteiger partial charge < -0.3 is 4.74 Å². The van der Waals surface area contributed by atoms with Gasteiger partial charge in [-0.2, -0.15) is 15.4 Å². The van der Waals surface area contributed by atoms with Crippen LogP contribution in [0.2, 0.25) is 0 Å². The van der Waals surface area contributed by atoms with E-state index in [1.807, 2.05) is 6.92 Å². The van der Waals surface area contributed by atoms with E-state index in [0.717, 1.165) is 11.3 Å². The molecule has 2 rings (SSSR count). The van der Waals surface area contributed by atoms with Gasteiger partial charge in [-0.1, -0.05) is 19.1 Å². The zero-order chi connectivity index (χ0) is 13.2. The third-order valence-electron chi connectivity index (χ3n) is 2.49. The van der Waals surface area contributed by atoms with Crippen LogP contribution in [0.5, 0.6) is 5.75 Å². The number of H-pyrrole nitrogens is 1. The minimum Gasteiger partial charge on any atom is -0.406 e. The molecular weight excluding hydrogens is 247 g/mol. The van der Waals surface area contributed by atoms with E-state index in [2.05, 4.69) is 20.1 Å². The van der Waals surface area contributed by atoms with Crippen molar-refractivity contribution in [2.45, 2.75) is 19.2 Å². The Hall–Kier alpha value is -2.05. The number of aromatic nitrogens is 3. The molecule has 0 bridgehead atoms. The third kappa shape index (κ3) is 2.99. The lowest BCUT2D eigenvalue weighted by atomic mass is 9.98. The Morgan fingerprint density at radius 2 is 1.89 bits per heavy atom. The van der Waals surface area contributed by atoms with Crippen LogP contribution in [0.4, 0.5) is 13.2 Å². The lowest BCUT2D eigenvalue weighted by Crippen LogP contribution is -2.17. The highest BCUT2D eigenvalue weighted by atomic mass is 19.4. The average molecular weight is 257 g/mol. The van der Waals surface area contributed by atoms with Gasteiger partial charge in [0.05, 0.1) is 11.9 Å². The summed E-state index contributed by atoms with van der Waals surface area (Å²) in [5.41, 5.74) is 1.55. The summed E-state index contributed by atoms with van der Waals surface area (Å²) in [6, 6.07) is 5.69. The number of benzene rings is 1. The predicted molar refractivity (Wildman–Crippen MR) is 57.0 cm³/mol. The summed E-state index contributed by atoms with van der Waals surface area (Å²) in [5, 5.41) is 10.1. The van der Waals surface area contributed by atoms with Gasteiger partial charge in [-0.15, -0.1) is 13.2 Å². The second-order valence-corrected chi connectivity index (χ2v) is 3.73. The molecule has 0 aliphatic rings. The van der Waals surface area contributed by atoms with Crippen molar-refractivity contribution in [2.75, 3.05) is 0 Å². The molecule has 1 N–H and O–H groups in total. The van der Waals surface area contributed by atoms with Crippen molar-refractivity contribution in [3.63, 3.8) is 0 Å². The quantitative estimate of drug-likeness (QED) is 0.919. The monoisotopic (exact) mass is 257 g/mol. The Morgan fingerprint density at radius 1 is 1.22 bits per heavy atom. The fourth-order valence-electron chi connectivity index (χ4n) is 1.55. The highest BCUT2D eigenvalue weighted by molar-refractivity contribution is 5.32. The van der Waals surface area contributed by atoms with Crippen LogP contribution in [-0.2, 0) is 0 Å². The first-order chi connectivity index (χ1) is 8.46.